The maximum absolute atomic E-state index is 11.7. The van der Waals surface area contributed by atoms with Crippen molar-refractivity contribution in [3.63, 3.8) is 0 Å². The second-order valence-electron chi connectivity index (χ2n) is 3.59. The average molecular weight is 228 g/mol. The summed E-state index contributed by atoms with van der Waals surface area (Å²) in [7, 11) is 0. The second-order valence-corrected chi connectivity index (χ2v) is 3.59. The minimum absolute atomic E-state index is 0.186. The summed E-state index contributed by atoms with van der Waals surface area (Å²) < 4.78 is 40.0. The molecule has 0 rings (SSSR count). The third-order valence-corrected chi connectivity index (χ3v) is 1.75. The summed E-state index contributed by atoms with van der Waals surface area (Å²) in [6.45, 7) is 3.10. The molecule has 1 N–H and O–H groups in total. The van der Waals surface area contributed by atoms with Crippen LogP contribution in [0.25, 0.3) is 0 Å². The van der Waals surface area contributed by atoms with E-state index in [9.17, 15) is 18.0 Å². The van der Waals surface area contributed by atoms with Crippen LogP contribution >= 0.6 is 0 Å². The van der Waals surface area contributed by atoms with E-state index in [0.29, 0.717) is 0 Å². The van der Waals surface area contributed by atoms with Gasteiger partial charge in [-0.15, -0.1) is 0 Å². The predicted molar refractivity (Wildman–Crippen MR) is 47.5 cm³/mol. The van der Waals surface area contributed by atoms with Crippen LogP contribution in [0.15, 0.2) is 0 Å². The van der Waals surface area contributed by atoms with Crippen LogP contribution in [0.4, 0.5) is 13.2 Å². The summed E-state index contributed by atoms with van der Waals surface area (Å²) >= 11 is 0. The van der Waals surface area contributed by atoms with Gasteiger partial charge in [0.25, 0.3) is 0 Å². The summed E-state index contributed by atoms with van der Waals surface area (Å²) in [5, 5.41) is 8.66. The molecule has 0 aliphatic heterocycles. The normalized spacial score (nSPS) is 14.3. The Morgan fingerprint density at radius 1 is 1.40 bits per heavy atom. The standard InChI is InChI=1S/C9H15F3O3/c1-6(2)7(8(13)14)15-5-3-4-9(10,11)12/h6-7H,3-5H2,1-2H3,(H,13,14). The molecule has 0 aromatic heterocycles. The van der Waals surface area contributed by atoms with Crippen LogP contribution in [-0.2, 0) is 9.53 Å². The number of aliphatic carboxylic acids is 1. The van der Waals surface area contributed by atoms with Crippen LogP contribution in [0.3, 0.4) is 0 Å². The molecule has 0 saturated carbocycles. The van der Waals surface area contributed by atoms with E-state index in [1.54, 1.807) is 13.8 Å². The lowest BCUT2D eigenvalue weighted by Crippen LogP contribution is -2.30. The fourth-order valence-electron chi connectivity index (χ4n) is 1.03. The predicted octanol–water partition coefficient (Wildman–Crippen LogP) is 2.45. The summed E-state index contributed by atoms with van der Waals surface area (Å²) in [5.41, 5.74) is 0. The molecule has 0 spiro atoms. The highest BCUT2D eigenvalue weighted by atomic mass is 19.4. The molecule has 90 valence electrons. The molecule has 0 fully saturated rings. The Hall–Kier alpha value is -0.780. The molecule has 6 heteroatoms. The Morgan fingerprint density at radius 3 is 2.27 bits per heavy atom. The highest BCUT2D eigenvalue weighted by molar-refractivity contribution is 5.72. The Bertz CT molecular complexity index is 201. The molecule has 0 saturated heterocycles. The van der Waals surface area contributed by atoms with Gasteiger partial charge in [-0.2, -0.15) is 13.2 Å². The number of rotatable bonds is 6. The summed E-state index contributed by atoms with van der Waals surface area (Å²) in [5.74, 6) is -1.40. The number of carboxylic acid groups (broad SMARTS) is 1. The monoisotopic (exact) mass is 228 g/mol. The van der Waals surface area contributed by atoms with E-state index in [0.717, 1.165) is 0 Å². The van der Waals surface area contributed by atoms with Crippen LogP contribution in [0, 0.1) is 5.92 Å². The maximum atomic E-state index is 11.7. The van der Waals surface area contributed by atoms with E-state index >= 15 is 0 Å². The first-order valence-electron chi connectivity index (χ1n) is 4.65. The summed E-state index contributed by atoms with van der Waals surface area (Å²) in [6, 6.07) is 0. The first kappa shape index (κ1) is 14.2. The van der Waals surface area contributed by atoms with E-state index in [4.69, 9.17) is 9.84 Å². The molecule has 0 bridgehead atoms. The first-order chi connectivity index (χ1) is 6.74. The van der Waals surface area contributed by atoms with Crippen molar-refractivity contribution < 1.29 is 27.8 Å². The van der Waals surface area contributed by atoms with E-state index in [2.05, 4.69) is 0 Å². The lowest BCUT2D eigenvalue weighted by Gasteiger charge is -2.17. The number of carbonyl (C=O) groups is 1. The second kappa shape index (κ2) is 5.95. The number of hydrogen-bond donors (Lipinski definition) is 1. The lowest BCUT2D eigenvalue weighted by molar-refractivity contribution is -0.156. The van der Waals surface area contributed by atoms with Gasteiger partial charge in [-0.1, -0.05) is 13.8 Å². The Kier molecular flexibility index (Phi) is 5.64. The third-order valence-electron chi connectivity index (χ3n) is 1.75. The van der Waals surface area contributed by atoms with Gasteiger partial charge in [0.15, 0.2) is 6.10 Å². The zero-order valence-corrected chi connectivity index (χ0v) is 8.67. The molecule has 15 heavy (non-hydrogen) atoms. The van der Waals surface area contributed by atoms with Crippen LogP contribution in [0.5, 0.6) is 0 Å². The molecule has 0 aliphatic carbocycles. The van der Waals surface area contributed by atoms with Crippen LogP contribution < -0.4 is 0 Å². The number of hydrogen-bond acceptors (Lipinski definition) is 2. The van der Waals surface area contributed by atoms with E-state index in [-0.39, 0.29) is 18.9 Å². The average Bonchev–Trinajstić information content (AvgIpc) is 2.00. The molecule has 1 atom stereocenters. The van der Waals surface area contributed by atoms with Crippen molar-refractivity contribution in [2.24, 2.45) is 5.92 Å². The molecule has 1 unspecified atom stereocenters. The SMILES string of the molecule is CC(C)C(OCCCC(F)(F)F)C(=O)O. The Labute approximate surface area is 86.2 Å². The number of alkyl halides is 3. The third kappa shape index (κ3) is 7.18. The van der Waals surface area contributed by atoms with Gasteiger partial charge >= 0.3 is 12.1 Å². The fourth-order valence-corrected chi connectivity index (χ4v) is 1.03. The van der Waals surface area contributed by atoms with Crippen molar-refractivity contribution in [1.82, 2.24) is 0 Å². The highest BCUT2D eigenvalue weighted by Crippen LogP contribution is 2.21. The quantitative estimate of drug-likeness (QED) is 0.710. The van der Waals surface area contributed by atoms with Crippen molar-refractivity contribution in [1.29, 1.82) is 0 Å². The van der Waals surface area contributed by atoms with Crippen LogP contribution in [0.2, 0.25) is 0 Å². The molecule has 0 heterocycles. The molecule has 0 aromatic rings. The zero-order chi connectivity index (χ0) is 12.1. The largest absolute Gasteiger partial charge is 0.479 e. The van der Waals surface area contributed by atoms with Crippen molar-refractivity contribution in [3.05, 3.63) is 0 Å². The van der Waals surface area contributed by atoms with Gasteiger partial charge < -0.3 is 9.84 Å². The van der Waals surface area contributed by atoms with Gasteiger partial charge in [-0.25, -0.2) is 4.79 Å². The molecule has 0 aliphatic rings. The smallest absolute Gasteiger partial charge is 0.389 e. The molecule has 0 amide bonds. The van der Waals surface area contributed by atoms with Crippen molar-refractivity contribution >= 4 is 5.97 Å². The van der Waals surface area contributed by atoms with Gasteiger partial charge in [0.05, 0.1) is 0 Å². The van der Waals surface area contributed by atoms with E-state index in [1.165, 1.54) is 0 Å². The number of halogens is 3. The summed E-state index contributed by atoms with van der Waals surface area (Å²) in [6.07, 6.45) is -6.39. The van der Waals surface area contributed by atoms with Crippen molar-refractivity contribution in [2.45, 2.75) is 39.0 Å². The first-order valence-corrected chi connectivity index (χ1v) is 4.65. The fraction of sp³-hybridized carbons (Fsp3) is 0.889. The minimum atomic E-state index is -4.21. The minimum Gasteiger partial charge on any atom is -0.479 e. The van der Waals surface area contributed by atoms with Crippen molar-refractivity contribution in [3.8, 4) is 0 Å². The van der Waals surface area contributed by atoms with Crippen molar-refractivity contribution in [2.75, 3.05) is 6.61 Å². The van der Waals surface area contributed by atoms with Crippen LogP contribution in [0.1, 0.15) is 26.7 Å². The summed E-state index contributed by atoms with van der Waals surface area (Å²) in [4.78, 5) is 10.6. The number of carboxylic acids is 1. The molecular formula is C9H15F3O3. The molecule has 3 nitrogen and oxygen atoms in total. The van der Waals surface area contributed by atoms with Gasteiger partial charge in [-0.3, -0.25) is 0 Å². The zero-order valence-electron chi connectivity index (χ0n) is 8.67. The van der Waals surface area contributed by atoms with Gasteiger partial charge in [0.1, 0.15) is 0 Å². The topological polar surface area (TPSA) is 46.5 Å². The highest BCUT2D eigenvalue weighted by Gasteiger charge is 2.27. The molecule has 0 radical (unpaired) electrons. The maximum Gasteiger partial charge on any atom is 0.389 e. The Balaban J connectivity index is 3.78. The Morgan fingerprint density at radius 2 is 1.93 bits per heavy atom. The molecule has 0 aromatic carbocycles. The van der Waals surface area contributed by atoms with E-state index < -0.39 is 24.7 Å². The van der Waals surface area contributed by atoms with Crippen LogP contribution in [-0.4, -0.2) is 30.0 Å². The molecular weight excluding hydrogens is 213 g/mol. The van der Waals surface area contributed by atoms with Gasteiger partial charge in [-0.05, 0) is 12.3 Å². The van der Waals surface area contributed by atoms with Gasteiger partial charge in [0.2, 0.25) is 0 Å². The number of ether oxygens (including phenoxy) is 1. The lowest BCUT2D eigenvalue weighted by atomic mass is 10.1. The van der Waals surface area contributed by atoms with Gasteiger partial charge in [0, 0.05) is 13.0 Å². The van der Waals surface area contributed by atoms with E-state index in [1.807, 2.05) is 0 Å².